The van der Waals surface area contributed by atoms with Crippen LogP contribution in [0.25, 0.3) is 26.2 Å². The number of aliphatic hydroxyl groups is 1. The summed E-state index contributed by atoms with van der Waals surface area (Å²) in [6.07, 6.45) is 10.3. The van der Waals surface area contributed by atoms with E-state index in [1.54, 1.807) is 12.4 Å². The second-order valence-corrected chi connectivity index (χ2v) is 12.6. The third-order valence-electron chi connectivity index (χ3n) is 8.76. The van der Waals surface area contributed by atoms with Gasteiger partial charge in [-0.15, -0.1) is 0 Å². The summed E-state index contributed by atoms with van der Waals surface area (Å²) in [6, 6.07) is 6.37. The van der Waals surface area contributed by atoms with E-state index in [1.807, 2.05) is 12.1 Å². The van der Waals surface area contributed by atoms with Crippen molar-refractivity contribution in [2.75, 3.05) is 5.32 Å². The van der Waals surface area contributed by atoms with E-state index in [1.165, 1.54) is 11.3 Å². The zero-order chi connectivity index (χ0) is 25.9. The maximum Gasteiger partial charge on any atom is 0.238 e. The number of carbonyl (C=O) groups excluding carboxylic acids is 1. The van der Waals surface area contributed by atoms with Gasteiger partial charge in [0.2, 0.25) is 11.4 Å². The lowest BCUT2D eigenvalue weighted by molar-refractivity contribution is -0.125. The molecule has 0 radical (unpaired) electrons. The monoisotopic (exact) mass is 530 g/mol. The lowest BCUT2D eigenvalue weighted by Crippen LogP contribution is -2.78. The number of aliphatic hydroxyl groups excluding tert-OH is 1. The van der Waals surface area contributed by atoms with Crippen molar-refractivity contribution in [3.8, 4) is 11.1 Å². The first-order chi connectivity index (χ1) is 18.4. The minimum Gasteiger partial charge on any atom is -0.390 e. The summed E-state index contributed by atoms with van der Waals surface area (Å²) < 4.78 is 6.77. The van der Waals surface area contributed by atoms with Crippen LogP contribution in [-0.2, 0) is 16.1 Å². The molecular weight excluding hydrogens is 500 g/mol. The minimum absolute atomic E-state index is 0.00817. The Kier molecular flexibility index (Phi) is 5.74. The minimum atomic E-state index is -0.389. The molecule has 5 fully saturated rings. The normalized spacial score (nSPS) is 33.2. The molecule has 38 heavy (non-hydrogen) atoms. The molecule has 0 spiro atoms. The van der Waals surface area contributed by atoms with Gasteiger partial charge in [-0.05, 0) is 49.8 Å². The van der Waals surface area contributed by atoms with Crippen molar-refractivity contribution in [2.24, 2.45) is 5.92 Å². The quantitative estimate of drug-likeness (QED) is 0.376. The molecule has 0 unspecified atom stereocenters. The number of hydrogen-bond donors (Lipinski definition) is 3. The number of nitrogens with zero attached hydrogens (tertiary/aromatic N) is 4. The van der Waals surface area contributed by atoms with E-state index in [9.17, 15) is 9.90 Å². The summed E-state index contributed by atoms with van der Waals surface area (Å²) in [4.78, 5) is 30.1. The standard InChI is InChI=1S/C28H30N6O3S/c1-29-27-13-28(14-27,15-27)34-19-7-17(8-19)25(36)33-26-32-20-6-5-16(9-23(20)38-26)18-10-30-24(31-11-18)12-37-22-4-2-3-21(22)35/h5-6,9-11,17,19,21-22,34-35H,2-4,7-8,12-15H2,(H,32,33,36)/t17?,19?,21-,22-,27?,28?/m0/s1. The second kappa shape index (κ2) is 9.06. The molecule has 9 nitrogen and oxygen atoms in total. The Morgan fingerprint density at radius 3 is 2.68 bits per heavy atom. The van der Waals surface area contributed by atoms with E-state index in [0.29, 0.717) is 23.6 Å². The number of fused-ring (bicyclic) bond motifs is 1. The van der Waals surface area contributed by atoms with Gasteiger partial charge >= 0.3 is 0 Å². The number of amides is 1. The van der Waals surface area contributed by atoms with Crippen molar-refractivity contribution >= 4 is 32.6 Å². The Hall–Kier alpha value is -2.97. The van der Waals surface area contributed by atoms with Gasteiger partial charge in [0, 0.05) is 54.7 Å². The second-order valence-electron chi connectivity index (χ2n) is 11.6. The van der Waals surface area contributed by atoms with E-state index < -0.39 is 0 Å². The summed E-state index contributed by atoms with van der Waals surface area (Å²) >= 11 is 1.47. The third kappa shape index (κ3) is 4.28. The van der Waals surface area contributed by atoms with Crippen molar-refractivity contribution < 1.29 is 14.6 Å². The van der Waals surface area contributed by atoms with E-state index >= 15 is 0 Å². The SMILES string of the molecule is [C-]#[N+]C12CC(NC3CC(C(=O)Nc4nc5ccc(-c6cnc(CO[C@H]7CCC[C@@H]7O)nc6)cc5s4)C3)(C1)C2. The number of nitrogens with one attached hydrogen (secondary N) is 2. The van der Waals surface area contributed by atoms with Gasteiger partial charge in [0.25, 0.3) is 0 Å². The average molecular weight is 531 g/mol. The summed E-state index contributed by atoms with van der Waals surface area (Å²) in [5.74, 6) is 0.643. The van der Waals surface area contributed by atoms with Crippen LogP contribution in [0, 0.1) is 12.5 Å². The van der Waals surface area contributed by atoms with Gasteiger partial charge in [0.1, 0.15) is 6.61 Å². The van der Waals surface area contributed by atoms with Crippen LogP contribution in [0.15, 0.2) is 30.6 Å². The molecule has 0 aliphatic heterocycles. The first-order valence-electron chi connectivity index (χ1n) is 13.4. The molecule has 10 heteroatoms. The molecule has 3 aromatic rings. The van der Waals surface area contributed by atoms with Crippen LogP contribution in [-0.4, -0.2) is 55.3 Å². The van der Waals surface area contributed by atoms with E-state index in [0.717, 1.165) is 72.7 Å². The lowest BCUT2D eigenvalue weighted by atomic mass is 9.44. The summed E-state index contributed by atoms with van der Waals surface area (Å²) in [7, 11) is 0. The van der Waals surface area contributed by atoms with Crippen molar-refractivity contribution in [1.82, 2.24) is 20.3 Å². The molecule has 2 atom stereocenters. The Bertz CT molecular complexity index is 1410. The smallest absolute Gasteiger partial charge is 0.238 e. The first kappa shape index (κ1) is 24.1. The average Bonchev–Trinajstić information content (AvgIpc) is 3.44. The Balaban J connectivity index is 0.931. The van der Waals surface area contributed by atoms with Crippen molar-refractivity contribution in [1.29, 1.82) is 0 Å². The lowest BCUT2D eigenvalue weighted by Gasteiger charge is -2.64. The van der Waals surface area contributed by atoms with Crippen LogP contribution < -0.4 is 10.6 Å². The van der Waals surface area contributed by atoms with Crippen molar-refractivity contribution in [3.63, 3.8) is 0 Å². The van der Waals surface area contributed by atoms with Crippen molar-refractivity contribution in [3.05, 3.63) is 47.8 Å². The zero-order valence-electron chi connectivity index (χ0n) is 21.0. The highest BCUT2D eigenvalue weighted by molar-refractivity contribution is 7.22. The molecule has 2 bridgehead atoms. The molecule has 1 aromatic carbocycles. The van der Waals surface area contributed by atoms with Crippen LogP contribution in [0.3, 0.4) is 0 Å². The molecule has 1 amide bonds. The van der Waals surface area contributed by atoms with E-state index in [2.05, 4.69) is 36.5 Å². The Morgan fingerprint density at radius 2 is 1.97 bits per heavy atom. The zero-order valence-corrected chi connectivity index (χ0v) is 21.8. The van der Waals surface area contributed by atoms with Gasteiger partial charge in [0.15, 0.2) is 11.0 Å². The van der Waals surface area contributed by atoms with Crippen LogP contribution >= 0.6 is 11.3 Å². The van der Waals surface area contributed by atoms with Gasteiger partial charge in [-0.1, -0.05) is 17.4 Å². The fourth-order valence-electron chi connectivity index (χ4n) is 6.61. The number of benzene rings is 1. The van der Waals surface area contributed by atoms with Crippen molar-refractivity contribution in [2.45, 2.75) is 87.3 Å². The Morgan fingerprint density at radius 1 is 1.18 bits per heavy atom. The van der Waals surface area contributed by atoms with Gasteiger partial charge in [-0.3, -0.25) is 4.79 Å². The molecular formula is C28H30N6O3S. The maximum absolute atomic E-state index is 12.8. The molecule has 5 aliphatic rings. The number of carbonyl (C=O) groups is 1. The number of anilines is 1. The fourth-order valence-corrected chi connectivity index (χ4v) is 7.52. The van der Waals surface area contributed by atoms with Crippen LogP contribution in [0.5, 0.6) is 0 Å². The number of hydrogen-bond acceptors (Lipinski definition) is 8. The number of aromatic nitrogens is 3. The molecule has 0 saturated heterocycles. The largest absolute Gasteiger partial charge is 0.390 e. The van der Waals surface area contributed by atoms with E-state index in [-0.39, 0.29) is 35.1 Å². The van der Waals surface area contributed by atoms with Crippen LogP contribution in [0.2, 0.25) is 0 Å². The molecule has 5 aliphatic carbocycles. The number of rotatable bonds is 8. The highest BCUT2D eigenvalue weighted by Crippen LogP contribution is 2.63. The molecule has 5 saturated carbocycles. The Labute approximate surface area is 224 Å². The maximum atomic E-state index is 12.8. The van der Waals surface area contributed by atoms with E-state index in [4.69, 9.17) is 11.3 Å². The fraction of sp³-hybridized carbons (Fsp3) is 0.536. The number of ether oxygens (including phenoxy) is 1. The third-order valence-corrected chi connectivity index (χ3v) is 9.69. The summed E-state index contributed by atoms with van der Waals surface area (Å²) in [5, 5.41) is 17.3. The molecule has 2 aromatic heterocycles. The molecule has 2 heterocycles. The highest BCUT2D eigenvalue weighted by Gasteiger charge is 2.75. The predicted molar refractivity (Wildman–Crippen MR) is 143 cm³/mol. The molecule has 3 N–H and O–H groups in total. The van der Waals surface area contributed by atoms with Crippen LogP contribution in [0.1, 0.15) is 57.2 Å². The van der Waals surface area contributed by atoms with Gasteiger partial charge < -0.3 is 25.3 Å². The highest BCUT2D eigenvalue weighted by atomic mass is 32.1. The van der Waals surface area contributed by atoms with Gasteiger partial charge in [-0.25, -0.2) is 21.5 Å². The summed E-state index contributed by atoms with van der Waals surface area (Å²) in [5.41, 5.74) is 2.85. The van der Waals surface area contributed by atoms with Gasteiger partial charge in [-0.2, -0.15) is 0 Å². The molecule has 196 valence electrons. The molecule has 8 rings (SSSR count). The summed E-state index contributed by atoms with van der Waals surface area (Å²) in [6.45, 7) is 7.58. The predicted octanol–water partition coefficient (Wildman–Crippen LogP) is 4.08. The van der Waals surface area contributed by atoms with Crippen LogP contribution in [0.4, 0.5) is 5.13 Å². The topological polar surface area (TPSA) is 114 Å². The van der Waals surface area contributed by atoms with Gasteiger partial charge in [0.05, 0.1) is 22.4 Å². The number of thiazole rings is 1. The first-order valence-corrected chi connectivity index (χ1v) is 14.2.